The van der Waals surface area contributed by atoms with Crippen LogP contribution in [0.5, 0.6) is 5.75 Å². The lowest BCUT2D eigenvalue weighted by molar-refractivity contribution is -0.140. The van der Waals surface area contributed by atoms with Crippen LogP contribution in [0.1, 0.15) is 30.4 Å². The van der Waals surface area contributed by atoms with Crippen LogP contribution in [0.15, 0.2) is 18.2 Å². The van der Waals surface area contributed by atoms with Crippen molar-refractivity contribution in [3.8, 4) is 5.75 Å². The van der Waals surface area contributed by atoms with Crippen molar-refractivity contribution in [1.29, 1.82) is 0 Å². The van der Waals surface area contributed by atoms with Crippen molar-refractivity contribution >= 4 is 24.2 Å². The van der Waals surface area contributed by atoms with Gasteiger partial charge in [0.15, 0.2) is 0 Å². The Hall–Kier alpha value is -1.79. The number of rotatable bonds is 5. The molecule has 0 aliphatic carbocycles. The molecule has 2 aliphatic rings. The summed E-state index contributed by atoms with van der Waals surface area (Å²) in [7, 11) is 0. The van der Waals surface area contributed by atoms with E-state index in [-0.39, 0.29) is 30.3 Å². The molecule has 2 fully saturated rings. The van der Waals surface area contributed by atoms with Crippen molar-refractivity contribution in [2.24, 2.45) is 0 Å². The van der Waals surface area contributed by atoms with Gasteiger partial charge in [0.05, 0.1) is 19.6 Å². The summed E-state index contributed by atoms with van der Waals surface area (Å²) < 4.78 is 5.79. The van der Waals surface area contributed by atoms with Crippen LogP contribution >= 0.6 is 12.4 Å². The van der Waals surface area contributed by atoms with E-state index in [1.54, 1.807) is 0 Å². The first-order valence-corrected chi connectivity index (χ1v) is 9.52. The third-order valence-corrected chi connectivity index (χ3v) is 5.22. The summed E-state index contributed by atoms with van der Waals surface area (Å²) in [6, 6.07) is 6.21. The van der Waals surface area contributed by atoms with Crippen LogP contribution < -0.4 is 10.1 Å². The molecule has 0 spiro atoms. The van der Waals surface area contributed by atoms with Gasteiger partial charge in [0, 0.05) is 32.2 Å². The zero-order valence-electron chi connectivity index (χ0n) is 16.2. The predicted octanol–water partition coefficient (Wildman–Crippen LogP) is 1.92. The van der Waals surface area contributed by atoms with Gasteiger partial charge in [0.2, 0.25) is 11.8 Å². The summed E-state index contributed by atoms with van der Waals surface area (Å²) in [5.74, 6) is 1.10. The molecule has 2 heterocycles. The zero-order valence-corrected chi connectivity index (χ0v) is 17.0. The van der Waals surface area contributed by atoms with Crippen molar-refractivity contribution in [2.75, 3.05) is 39.3 Å². The van der Waals surface area contributed by atoms with Crippen molar-refractivity contribution in [3.63, 3.8) is 0 Å². The van der Waals surface area contributed by atoms with Gasteiger partial charge in [0.25, 0.3) is 0 Å². The minimum Gasteiger partial charge on any atom is -0.493 e. The molecule has 2 aliphatic heterocycles. The van der Waals surface area contributed by atoms with E-state index in [0.29, 0.717) is 26.1 Å². The molecule has 1 aromatic carbocycles. The van der Waals surface area contributed by atoms with Gasteiger partial charge in [-0.15, -0.1) is 12.4 Å². The van der Waals surface area contributed by atoms with E-state index in [2.05, 4.69) is 18.3 Å². The van der Waals surface area contributed by atoms with Gasteiger partial charge >= 0.3 is 0 Å². The Balaban J connectivity index is 0.00000261. The largest absolute Gasteiger partial charge is 0.493 e. The lowest BCUT2D eigenvalue weighted by Gasteiger charge is -2.41. The summed E-state index contributed by atoms with van der Waals surface area (Å²) in [5.41, 5.74) is 2.29. The van der Waals surface area contributed by atoms with E-state index in [0.717, 1.165) is 43.8 Å². The van der Waals surface area contributed by atoms with E-state index in [4.69, 9.17) is 4.74 Å². The van der Waals surface area contributed by atoms with Crippen molar-refractivity contribution in [3.05, 3.63) is 29.3 Å². The topological polar surface area (TPSA) is 61.9 Å². The zero-order chi connectivity index (χ0) is 18.5. The highest BCUT2D eigenvalue weighted by Gasteiger charge is 2.31. The molecule has 1 unspecified atom stereocenters. The lowest BCUT2D eigenvalue weighted by atomic mass is 10.0. The third kappa shape index (κ3) is 5.59. The first-order valence-electron chi connectivity index (χ1n) is 9.52. The Bertz CT molecular complexity index is 668. The first kappa shape index (κ1) is 21.5. The Morgan fingerprint density at radius 3 is 2.85 bits per heavy atom. The third-order valence-electron chi connectivity index (χ3n) is 5.22. The second-order valence-corrected chi connectivity index (χ2v) is 7.27. The molecule has 3 rings (SSSR count). The summed E-state index contributed by atoms with van der Waals surface area (Å²) in [6.07, 6.45) is 2.30. The maximum absolute atomic E-state index is 12.6. The Kier molecular flexibility index (Phi) is 7.92. The molecule has 150 valence electrons. The summed E-state index contributed by atoms with van der Waals surface area (Å²) in [5, 5.41) is 3.10. The summed E-state index contributed by atoms with van der Waals surface area (Å²) in [4.78, 5) is 28.5. The quantitative estimate of drug-likeness (QED) is 0.827. The molecular weight excluding hydrogens is 366 g/mol. The van der Waals surface area contributed by atoms with Crippen molar-refractivity contribution in [1.82, 2.24) is 15.1 Å². The van der Waals surface area contributed by atoms with Crippen molar-refractivity contribution < 1.29 is 14.3 Å². The summed E-state index contributed by atoms with van der Waals surface area (Å²) >= 11 is 0. The van der Waals surface area contributed by atoms with Crippen LogP contribution in [0, 0.1) is 13.8 Å². The lowest BCUT2D eigenvalue weighted by Crippen LogP contribution is -2.57. The SMILES string of the molecule is Cc1ccc(OCCC(=O)N2CCCC(N3CCNCC3=O)C2)c(C)c1.Cl. The number of carbonyl (C=O) groups is 2. The molecule has 0 saturated carbocycles. The molecule has 27 heavy (non-hydrogen) atoms. The number of likely N-dealkylation sites (tertiary alicyclic amines) is 1. The number of nitrogens with zero attached hydrogens (tertiary/aromatic N) is 2. The first-order chi connectivity index (χ1) is 12.5. The van der Waals surface area contributed by atoms with Crippen LogP contribution in [0.4, 0.5) is 0 Å². The minimum absolute atomic E-state index is 0. The van der Waals surface area contributed by atoms with Gasteiger partial charge in [-0.1, -0.05) is 17.7 Å². The number of amides is 2. The fourth-order valence-electron chi connectivity index (χ4n) is 3.81. The number of hydrogen-bond donors (Lipinski definition) is 1. The number of carbonyl (C=O) groups excluding carboxylic acids is 2. The highest BCUT2D eigenvalue weighted by atomic mass is 35.5. The van der Waals surface area contributed by atoms with Gasteiger partial charge in [0.1, 0.15) is 5.75 Å². The van der Waals surface area contributed by atoms with E-state index in [1.165, 1.54) is 5.56 Å². The normalized spacial score (nSPS) is 20.2. The van der Waals surface area contributed by atoms with Crippen LogP contribution in [-0.2, 0) is 9.59 Å². The molecule has 1 atom stereocenters. The molecule has 1 aromatic rings. The van der Waals surface area contributed by atoms with E-state index >= 15 is 0 Å². The number of aryl methyl sites for hydroxylation is 2. The monoisotopic (exact) mass is 395 g/mol. The Labute approximate surface area is 167 Å². The average Bonchev–Trinajstić information content (AvgIpc) is 2.64. The summed E-state index contributed by atoms with van der Waals surface area (Å²) in [6.45, 7) is 7.86. The van der Waals surface area contributed by atoms with Crippen LogP contribution in [0.2, 0.25) is 0 Å². The number of nitrogens with one attached hydrogen (secondary N) is 1. The smallest absolute Gasteiger partial charge is 0.236 e. The molecule has 6 nitrogen and oxygen atoms in total. The van der Waals surface area contributed by atoms with Gasteiger partial charge in [-0.25, -0.2) is 0 Å². The molecule has 0 bridgehead atoms. The standard InChI is InChI=1S/C20H29N3O3.ClH/c1-15-5-6-18(16(2)12-15)26-11-7-19(24)22-9-3-4-17(14-22)23-10-8-21-13-20(23)25;/h5-6,12,17,21H,3-4,7-11,13-14H2,1-2H3;1H. The van der Waals surface area contributed by atoms with Gasteiger partial charge in [-0.2, -0.15) is 0 Å². The second-order valence-electron chi connectivity index (χ2n) is 7.27. The Morgan fingerprint density at radius 1 is 1.30 bits per heavy atom. The maximum Gasteiger partial charge on any atom is 0.236 e. The van der Waals surface area contributed by atoms with E-state index in [1.807, 2.05) is 28.9 Å². The molecule has 0 aromatic heterocycles. The number of hydrogen-bond acceptors (Lipinski definition) is 4. The predicted molar refractivity (Wildman–Crippen MR) is 107 cm³/mol. The molecule has 0 radical (unpaired) electrons. The Morgan fingerprint density at radius 2 is 2.11 bits per heavy atom. The molecule has 7 heteroatoms. The van der Waals surface area contributed by atoms with Crippen LogP contribution in [-0.4, -0.2) is 67.0 Å². The molecular formula is C20H30ClN3O3. The molecule has 2 amide bonds. The van der Waals surface area contributed by atoms with E-state index < -0.39 is 0 Å². The number of benzene rings is 1. The van der Waals surface area contributed by atoms with Gasteiger partial charge in [-0.05, 0) is 38.3 Å². The molecule has 1 N–H and O–H groups in total. The number of piperidine rings is 1. The number of ether oxygens (including phenoxy) is 1. The highest BCUT2D eigenvalue weighted by Crippen LogP contribution is 2.20. The number of piperazine rings is 1. The van der Waals surface area contributed by atoms with Gasteiger partial charge < -0.3 is 19.9 Å². The van der Waals surface area contributed by atoms with Crippen LogP contribution in [0.25, 0.3) is 0 Å². The molecule has 2 saturated heterocycles. The highest BCUT2D eigenvalue weighted by molar-refractivity contribution is 5.85. The fourth-order valence-corrected chi connectivity index (χ4v) is 3.81. The minimum atomic E-state index is 0. The second kappa shape index (κ2) is 9.95. The number of halogens is 1. The van der Waals surface area contributed by atoms with Crippen LogP contribution in [0.3, 0.4) is 0 Å². The van der Waals surface area contributed by atoms with E-state index in [9.17, 15) is 9.59 Å². The maximum atomic E-state index is 12.6. The van der Waals surface area contributed by atoms with Gasteiger partial charge in [-0.3, -0.25) is 9.59 Å². The average molecular weight is 396 g/mol. The van der Waals surface area contributed by atoms with Crippen molar-refractivity contribution in [2.45, 2.75) is 39.2 Å². The fraction of sp³-hybridized carbons (Fsp3) is 0.600.